The predicted molar refractivity (Wildman–Crippen MR) is 106 cm³/mol. The molecule has 0 aromatic heterocycles. The van der Waals surface area contributed by atoms with Crippen LogP contribution in [0.1, 0.15) is 17.3 Å². The Kier molecular flexibility index (Phi) is 5.67. The molecule has 0 aliphatic heterocycles. The number of carbonyl (C=O) groups is 1. The van der Waals surface area contributed by atoms with Crippen LogP contribution < -0.4 is 4.74 Å². The molecule has 5 heteroatoms. The molecule has 4 nitrogen and oxygen atoms in total. The number of phenols is 1. The number of ether oxygens (including phenoxy) is 2. The van der Waals surface area contributed by atoms with E-state index >= 15 is 0 Å². The van der Waals surface area contributed by atoms with Crippen LogP contribution in [0.4, 0.5) is 0 Å². The SMILES string of the molecule is CCOC(=O)c1c(O)cc(-c2ccc(OC)cc2)cc1-c1ccc(Cl)cc1. The standard InChI is InChI=1S/C22H19ClO4/c1-3-27-22(25)21-19(15-4-8-17(23)9-5-15)12-16(13-20(21)24)14-6-10-18(26-2)11-7-14/h4-13,24H,3H2,1-2H3. The molecule has 0 saturated heterocycles. The highest BCUT2D eigenvalue weighted by Crippen LogP contribution is 2.37. The number of phenolic OH excluding ortho intramolecular Hbond substituents is 1. The van der Waals surface area contributed by atoms with E-state index in [0.29, 0.717) is 10.6 Å². The van der Waals surface area contributed by atoms with E-state index in [2.05, 4.69) is 0 Å². The highest BCUT2D eigenvalue weighted by Gasteiger charge is 2.20. The summed E-state index contributed by atoms with van der Waals surface area (Å²) in [5, 5.41) is 11.2. The lowest BCUT2D eigenvalue weighted by Gasteiger charge is -2.14. The minimum Gasteiger partial charge on any atom is -0.507 e. The van der Waals surface area contributed by atoms with Crippen LogP contribution in [0.5, 0.6) is 11.5 Å². The van der Waals surface area contributed by atoms with Gasteiger partial charge in [-0.15, -0.1) is 0 Å². The van der Waals surface area contributed by atoms with Gasteiger partial charge in [-0.3, -0.25) is 0 Å². The average molecular weight is 383 g/mol. The molecular weight excluding hydrogens is 364 g/mol. The fourth-order valence-corrected chi connectivity index (χ4v) is 2.98. The van der Waals surface area contributed by atoms with Gasteiger partial charge in [-0.1, -0.05) is 35.9 Å². The van der Waals surface area contributed by atoms with Gasteiger partial charge >= 0.3 is 5.97 Å². The molecule has 138 valence electrons. The largest absolute Gasteiger partial charge is 0.507 e. The van der Waals surface area contributed by atoms with Crippen molar-refractivity contribution in [2.75, 3.05) is 13.7 Å². The van der Waals surface area contributed by atoms with Gasteiger partial charge in [0, 0.05) is 10.6 Å². The van der Waals surface area contributed by atoms with Crippen molar-refractivity contribution in [1.29, 1.82) is 0 Å². The van der Waals surface area contributed by atoms with Crippen LogP contribution in [0.25, 0.3) is 22.3 Å². The van der Waals surface area contributed by atoms with Crippen molar-refractivity contribution in [3.8, 4) is 33.8 Å². The summed E-state index contributed by atoms with van der Waals surface area (Å²) in [4.78, 5) is 12.4. The molecule has 0 heterocycles. The summed E-state index contributed by atoms with van der Waals surface area (Å²) in [6.07, 6.45) is 0. The summed E-state index contributed by atoms with van der Waals surface area (Å²) in [7, 11) is 1.60. The van der Waals surface area contributed by atoms with Crippen LogP contribution in [-0.2, 0) is 4.74 Å². The van der Waals surface area contributed by atoms with Gasteiger partial charge in [0.15, 0.2) is 0 Å². The highest BCUT2D eigenvalue weighted by atomic mass is 35.5. The van der Waals surface area contributed by atoms with Crippen molar-refractivity contribution in [2.24, 2.45) is 0 Å². The smallest absolute Gasteiger partial charge is 0.342 e. The van der Waals surface area contributed by atoms with E-state index in [0.717, 1.165) is 22.4 Å². The lowest BCUT2D eigenvalue weighted by atomic mass is 9.93. The van der Waals surface area contributed by atoms with Crippen molar-refractivity contribution < 1.29 is 19.4 Å². The zero-order valence-electron chi connectivity index (χ0n) is 15.0. The lowest BCUT2D eigenvalue weighted by Crippen LogP contribution is -2.07. The summed E-state index contributed by atoms with van der Waals surface area (Å²) < 4.78 is 10.3. The summed E-state index contributed by atoms with van der Waals surface area (Å²) in [6.45, 7) is 1.95. The number of aromatic hydroxyl groups is 1. The zero-order valence-corrected chi connectivity index (χ0v) is 15.8. The van der Waals surface area contributed by atoms with Crippen LogP contribution in [0.2, 0.25) is 5.02 Å². The number of halogens is 1. The third kappa shape index (κ3) is 4.07. The van der Waals surface area contributed by atoms with E-state index in [-0.39, 0.29) is 17.9 Å². The topological polar surface area (TPSA) is 55.8 Å². The molecule has 3 rings (SSSR count). The predicted octanol–water partition coefficient (Wildman–Crippen LogP) is 5.56. The normalized spacial score (nSPS) is 10.5. The van der Waals surface area contributed by atoms with E-state index in [1.807, 2.05) is 30.3 Å². The van der Waals surface area contributed by atoms with Crippen LogP contribution in [0, 0.1) is 0 Å². The number of benzene rings is 3. The summed E-state index contributed by atoms with van der Waals surface area (Å²) in [5.41, 5.74) is 3.13. The Morgan fingerprint density at radius 1 is 0.963 bits per heavy atom. The van der Waals surface area contributed by atoms with Gasteiger partial charge in [0.2, 0.25) is 0 Å². The molecule has 0 saturated carbocycles. The molecule has 0 fully saturated rings. The van der Waals surface area contributed by atoms with Crippen LogP contribution in [0.3, 0.4) is 0 Å². The molecule has 0 unspecified atom stereocenters. The summed E-state index contributed by atoms with van der Waals surface area (Å²) in [5.74, 6) is 0.0389. The molecule has 0 radical (unpaired) electrons. The minimum absolute atomic E-state index is 0.133. The molecule has 3 aromatic rings. The van der Waals surface area contributed by atoms with Crippen molar-refractivity contribution >= 4 is 17.6 Å². The van der Waals surface area contributed by atoms with Gasteiger partial charge in [0.1, 0.15) is 17.1 Å². The van der Waals surface area contributed by atoms with Gasteiger partial charge in [0.05, 0.1) is 13.7 Å². The second-order valence-electron chi connectivity index (χ2n) is 5.87. The number of carbonyl (C=O) groups excluding carboxylic acids is 1. The maximum absolute atomic E-state index is 12.4. The van der Waals surface area contributed by atoms with Crippen molar-refractivity contribution in [2.45, 2.75) is 6.92 Å². The first-order chi connectivity index (χ1) is 13.0. The number of hydrogen-bond acceptors (Lipinski definition) is 4. The molecule has 3 aromatic carbocycles. The second kappa shape index (κ2) is 8.14. The molecule has 0 spiro atoms. The average Bonchev–Trinajstić information content (AvgIpc) is 2.68. The van der Waals surface area contributed by atoms with Crippen molar-refractivity contribution in [3.05, 3.63) is 71.2 Å². The molecular formula is C22H19ClO4. The maximum Gasteiger partial charge on any atom is 0.342 e. The Balaban J connectivity index is 2.17. The Morgan fingerprint density at radius 2 is 1.59 bits per heavy atom. The monoisotopic (exact) mass is 382 g/mol. The van der Waals surface area contributed by atoms with E-state index < -0.39 is 5.97 Å². The molecule has 0 aliphatic rings. The first-order valence-electron chi connectivity index (χ1n) is 8.48. The van der Waals surface area contributed by atoms with Gasteiger partial charge in [-0.2, -0.15) is 0 Å². The lowest BCUT2D eigenvalue weighted by molar-refractivity contribution is 0.0524. The molecule has 0 bridgehead atoms. The van der Waals surface area contributed by atoms with Gasteiger partial charge in [-0.25, -0.2) is 4.79 Å². The minimum atomic E-state index is -0.568. The van der Waals surface area contributed by atoms with Crippen LogP contribution in [-0.4, -0.2) is 24.8 Å². The van der Waals surface area contributed by atoms with Crippen molar-refractivity contribution in [3.63, 3.8) is 0 Å². The first kappa shape index (κ1) is 18.8. The number of hydrogen-bond donors (Lipinski definition) is 1. The van der Waals surface area contributed by atoms with Gasteiger partial charge < -0.3 is 14.6 Å². The maximum atomic E-state index is 12.4. The quantitative estimate of drug-likeness (QED) is 0.586. The molecule has 1 N–H and O–H groups in total. The molecule has 27 heavy (non-hydrogen) atoms. The fraction of sp³-hybridized carbons (Fsp3) is 0.136. The van der Waals surface area contributed by atoms with Crippen LogP contribution in [0.15, 0.2) is 60.7 Å². The second-order valence-corrected chi connectivity index (χ2v) is 6.31. The summed E-state index contributed by atoms with van der Waals surface area (Å²) >= 11 is 5.99. The fourth-order valence-electron chi connectivity index (χ4n) is 2.85. The molecule has 0 amide bonds. The van der Waals surface area contributed by atoms with E-state index in [1.165, 1.54) is 0 Å². The zero-order chi connectivity index (χ0) is 19.4. The third-order valence-corrected chi connectivity index (χ3v) is 4.43. The number of methoxy groups -OCH3 is 1. The van der Waals surface area contributed by atoms with E-state index in [9.17, 15) is 9.90 Å². The Morgan fingerprint density at radius 3 is 2.19 bits per heavy atom. The van der Waals surface area contributed by atoms with E-state index in [4.69, 9.17) is 21.1 Å². The summed E-state index contributed by atoms with van der Waals surface area (Å²) in [6, 6.07) is 18.0. The van der Waals surface area contributed by atoms with Gasteiger partial charge in [-0.05, 0) is 60.0 Å². The third-order valence-electron chi connectivity index (χ3n) is 4.18. The molecule has 0 aliphatic carbocycles. The Hall–Kier alpha value is -2.98. The molecule has 0 atom stereocenters. The number of esters is 1. The highest BCUT2D eigenvalue weighted by molar-refractivity contribution is 6.30. The Bertz CT molecular complexity index is 947. The first-order valence-corrected chi connectivity index (χ1v) is 8.85. The van der Waals surface area contributed by atoms with E-state index in [1.54, 1.807) is 44.4 Å². The van der Waals surface area contributed by atoms with Crippen molar-refractivity contribution in [1.82, 2.24) is 0 Å². The van der Waals surface area contributed by atoms with Crippen LogP contribution >= 0.6 is 11.6 Å². The van der Waals surface area contributed by atoms with Gasteiger partial charge in [0.25, 0.3) is 0 Å². The Labute approximate surface area is 162 Å². The number of rotatable bonds is 5.